The Hall–Kier alpha value is -2.91. The van der Waals surface area contributed by atoms with E-state index in [1.54, 1.807) is 13.8 Å². The van der Waals surface area contributed by atoms with Crippen molar-refractivity contribution in [3.05, 3.63) is 0 Å². The molecule has 12 heteroatoms. The van der Waals surface area contributed by atoms with Gasteiger partial charge in [0.25, 0.3) is 0 Å². The Morgan fingerprint density at radius 1 is 1.00 bits per heavy atom. The molecular formula is C28H47N7O5. The molecule has 2 aliphatic heterocycles. The summed E-state index contributed by atoms with van der Waals surface area (Å²) in [4.78, 5) is 49.2. The number of nitrogens with one attached hydrogen (secondary N) is 2. The highest BCUT2D eigenvalue weighted by molar-refractivity contribution is 5.96. The average molecular weight is 562 g/mol. The van der Waals surface area contributed by atoms with Crippen molar-refractivity contribution >= 4 is 23.9 Å². The first-order chi connectivity index (χ1) is 19.3. The minimum absolute atomic E-state index is 0.206. The second-order valence-electron chi connectivity index (χ2n) is 11.1. The van der Waals surface area contributed by atoms with Crippen molar-refractivity contribution in [3.63, 3.8) is 0 Å². The van der Waals surface area contributed by atoms with Gasteiger partial charge in [-0.3, -0.25) is 19.8 Å². The summed E-state index contributed by atoms with van der Waals surface area (Å²) in [5, 5.41) is 15.9. The lowest BCUT2D eigenvalue weighted by molar-refractivity contribution is -0.144. The smallest absolute Gasteiger partial charge is 0.413 e. The molecule has 2 saturated heterocycles. The number of guanidine groups is 1. The number of ether oxygens (including phenoxy) is 2. The van der Waals surface area contributed by atoms with Crippen LogP contribution in [0.2, 0.25) is 0 Å². The van der Waals surface area contributed by atoms with Crippen molar-refractivity contribution < 1.29 is 23.9 Å². The average Bonchev–Trinajstić information content (AvgIpc) is 2.95. The van der Waals surface area contributed by atoms with Gasteiger partial charge < -0.3 is 24.6 Å². The van der Waals surface area contributed by atoms with E-state index in [1.807, 2.05) is 16.8 Å². The highest BCUT2D eigenvalue weighted by atomic mass is 16.5. The van der Waals surface area contributed by atoms with Crippen LogP contribution in [0.1, 0.15) is 65.2 Å². The van der Waals surface area contributed by atoms with Crippen molar-refractivity contribution in [1.82, 2.24) is 25.3 Å². The van der Waals surface area contributed by atoms with Crippen LogP contribution < -0.4 is 10.6 Å². The number of piperazine rings is 1. The van der Waals surface area contributed by atoms with Crippen molar-refractivity contribution in [1.29, 1.82) is 5.26 Å². The van der Waals surface area contributed by atoms with Gasteiger partial charge in [0.05, 0.1) is 25.8 Å². The van der Waals surface area contributed by atoms with Crippen LogP contribution in [0.5, 0.6) is 0 Å². The largest absolute Gasteiger partial charge is 0.465 e. The van der Waals surface area contributed by atoms with Crippen molar-refractivity contribution in [2.75, 3.05) is 66.1 Å². The lowest BCUT2D eigenvalue weighted by Crippen LogP contribution is -2.57. The normalized spacial score (nSPS) is 21.6. The molecule has 0 radical (unpaired) electrons. The number of likely N-dealkylation sites (tertiary alicyclic amines) is 1. The van der Waals surface area contributed by atoms with Crippen LogP contribution >= 0.6 is 0 Å². The van der Waals surface area contributed by atoms with Crippen molar-refractivity contribution in [2.45, 2.75) is 76.8 Å². The maximum atomic E-state index is 13.8. The molecule has 3 rings (SSSR count). The fourth-order valence-electron chi connectivity index (χ4n) is 5.65. The van der Waals surface area contributed by atoms with Gasteiger partial charge in [-0.15, -0.1) is 0 Å². The number of rotatable bonds is 9. The number of carbonyl (C=O) groups is 3. The summed E-state index contributed by atoms with van der Waals surface area (Å²) in [6.07, 6.45) is 6.60. The van der Waals surface area contributed by atoms with E-state index in [2.05, 4.69) is 21.6 Å². The molecule has 1 atom stereocenters. The lowest BCUT2D eigenvalue weighted by atomic mass is 9.84. The van der Waals surface area contributed by atoms with E-state index in [-0.39, 0.29) is 25.0 Å². The Kier molecular flexibility index (Phi) is 12.5. The molecule has 2 N–H and O–H groups in total. The molecule has 0 unspecified atom stereocenters. The van der Waals surface area contributed by atoms with Crippen LogP contribution in [0.25, 0.3) is 0 Å². The SMILES string of the molecule is CCOC(=O)CN1CCN(C(=N[C@@H](CC2CCCCC2)C(=O)NC2(C#N)CCN(C)CC2)NC(=O)OCC)CC1. The van der Waals surface area contributed by atoms with Crippen LogP contribution in [-0.4, -0.2) is 116 Å². The number of hydrogen-bond donors (Lipinski definition) is 2. The van der Waals surface area contributed by atoms with Gasteiger partial charge in [-0.25, -0.2) is 9.79 Å². The molecule has 3 aliphatic rings. The molecule has 12 nitrogen and oxygen atoms in total. The number of piperidine rings is 1. The van der Waals surface area contributed by atoms with E-state index < -0.39 is 17.7 Å². The fraction of sp³-hybridized carbons (Fsp3) is 0.821. The van der Waals surface area contributed by atoms with Gasteiger partial charge >= 0.3 is 12.1 Å². The Labute approximate surface area is 238 Å². The van der Waals surface area contributed by atoms with Crippen molar-refractivity contribution in [2.24, 2.45) is 10.9 Å². The Morgan fingerprint density at radius 2 is 1.65 bits per heavy atom. The second kappa shape index (κ2) is 15.8. The zero-order valence-electron chi connectivity index (χ0n) is 24.5. The standard InChI is InChI=1S/C28H47N7O5/c1-4-39-24(36)20-34-15-17-35(18-16-34)26(31-27(38)40-5-2)30-23(19-22-9-7-6-8-10-22)25(37)32-28(21-29)11-13-33(3)14-12-28/h22-23H,4-20H2,1-3H3,(H,32,37)(H,30,31,38)/t23-/m0/s1. The molecule has 3 fully saturated rings. The second-order valence-corrected chi connectivity index (χ2v) is 11.1. The van der Waals surface area contributed by atoms with Crippen molar-refractivity contribution in [3.8, 4) is 6.07 Å². The quantitative estimate of drug-likeness (QED) is 0.245. The van der Waals surface area contributed by atoms with Crippen LogP contribution in [0.15, 0.2) is 4.99 Å². The van der Waals surface area contributed by atoms with E-state index in [9.17, 15) is 19.6 Å². The van der Waals surface area contributed by atoms with Gasteiger partial charge in [-0.1, -0.05) is 32.1 Å². The third-order valence-electron chi connectivity index (χ3n) is 8.10. The molecule has 1 saturated carbocycles. The summed E-state index contributed by atoms with van der Waals surface area (Å²) in [6.45, 7) is 7.90. The maximum Gasteiger partial charge on any atom is 0.413 e. The third-order valence-corrected chi connectivity index (χ3v) is 8.10. The molecule has 0 aromatic carbocycles. The number of hydrogen-bond acceptors (Lipinski definition) is 9. The maximum absolute atomic E-state index is 13.8. The van der Waals surface area contributed by atoms with Gasteiger partial charge in [0.1, 0.15) is 11.6 Å². The predicted octanol–water partition coefficient (Wildman–Crippen LogP) is 1.71. The fourth-order valence-corrected chi connectivity index (χ4v) is 5.65. The Bertz CT molecular complexity index is 914. The molecule has 40 heavy (non-hydrogen) atoms. The topological polar surface area (TPSA) is 140 Å². The number of aliphatic imine (C=N–C) groups is 1. The molecule has 0 aromatic rings. The van der Waals surface area contributed by atoms with Gasteiger partial charge in [0, 0.05) is 39.3 Å². The predicted molar refractivity (Wildman–Crippen MR) is 150 cm³/mol. The molecule has 0 spiro atoms. The number of alkyl carbamates (subject to hydrolysis) is 1. The number of carbonyl (C=O) groups excluding carboxylic acids is 3. The van der Waals surface area contributed by atoms with Gasteiger partial charge in [0.15, 0.2) is 0 Å². The first-order valence-corrected chi connectivity index (χ1v) is 14.8. The lowest BCUT2D eigenvalue weighted by Gasteiger charge is -2.38. The van der Waals surface area contributed by atoms with E-state index >= 15 is 0 Å². The summed E-state index contributed by atoms with van der Waals surface area (Å²) in [5.74, 6) is 0.105. The molecule has 224 valence electrons. The number of amides is 2. The van der Waals surface area contributed by atoms with Crippen LogP contribution in [0, 0.1) is 17.2 Å². The number of esters is 1. The first-order valence-electron chi connectivity index (χ1n) is 14.8. The molecule has 0 aromatic heterocycles. The molecule has 1 aliphatic carbocycles. The molecule has 0 bridgehead atoms. The highest BCUT2D eigenvalue weighted by Crippen LogP contribution is 2.29. The number of nitriles is 1. The Morgan fingerprint density at radius 3 is 2.25 bits per heavy atom. The van der Waals surface area contributed by atoms with Gasteiger partial charge in [-0.2, -0.15) is 5.26 Å². The van der Waals surface area contributed by atoms with E-state index in [0.29, 0.717) is 63.9 Å². The zero-order chi connectivity index (χ0) is 29.0. The van der Waals surface area contributed by atoms with E-state index in [0.717, 1.165) is 38.8 Å². The van der Waals surface area contributed by atoms with Gasteiger partial charge in [0.2, 0.25) is 11.9 Å². The first kappa shape index (κ1) is 31.6. The minimum Gasteiger partial charge on any atom is -0.465 e. The molecule has 2 amide bonds. The Balaban J connectivity index is 1.81. The summed E-state index contributed by atoms with van der Waals surface area (Å²) >= 11 is 0. The van der Waals surface area contributed by atoms with E-state index in [4.69, 9.17) is 14.5 Å². The molecular weight excluding hydrogens is 514 g/mol. The third kappa shape index (κ3) is 9.63. The summed E-state index contributed by atoms with van der Waals surface area (Å²) < 4.78 is 10.2. The van der Waals surface area contributed by atoms with E-state index in [1.165, 1.54) is 6.42 Å². The summed E-state index contributed by atoms with van der Waals surface area (Å²) in [7, 11) is 2.01. The highest BCUT2D eigenvalue weighted by Gasteiger charge is 2.38. The zero-order valence-corrected chi connectivity index (χ0v) is 24.5. The monoisotopic (exact) mass is 561 g/mol. The van der Waals surface area contributed by atoms with Crippen LogP contribution in [-0.2, 0) is 19.1 Å². The minimum atomic E-state index is -0.919. The van der Waals surface area contributed by atoms with Crippen LogP contribution in [0.3, 0.4) is 0 Å². The summed E-state index contributed by atoms with van der Waals surface area (Å²) in [5.41, 5.74) is -0.919. The summed E-state index contributed by atoms with van der Waals surface area (Å²) in [6, 6.07) is 1.62. The van der Waals surface area contributed by atoms with Crippen LogP contribution in [0.4, 0.5) is 4.79 Å². The molecule has 2 heterocycles. The number of nitrogens with zero attached hydrogens (tertiary/aromatic N) is 5. The van der Waals surface area contributed by atoms with Gasteiger partial charge in [-0.05, 0) is 46.1 Å².